The van der Waals surface area contributed by atoms with Crippen LogP contribution in [0.25, 0.3) is 16.7 Å². The molecular formula is C36H31ClF9NO4. The Morgan fingerprint density at radius 1 is 0.863 bits per heavy atom. The minimum atomic E-state index is -5.13. The van der Waals surface area contributed by atoms with E-state index < -0.39 is 76.8 Å². The lowest BCUT2D eigenvalue weighted by Gasteiger charge is -2.27. The summed E-state index contributed by atoms with van der Waals surface area (Å²) >= 11 is 6.58. The van der Waals surface area contributed by atoms with Gasteiger partial charge in [-0.15, -0.1) is 0 Å². The Labute approximate surface area is 291 Å². The summed E-state index contributed by atoms with van der Waals surface area (Å²) in [7, 11) is 0. The molecule has 0 fully saturated rings. The quantitative estimate of drug-likeness (QED) is 0.225. The van der Waals surface area contributed by atoms with Crippen LogP contribution in [0.15, 0.2) is 72.3 Å². The number of carboxylic acids is 1. The van der Waals surface area contributed by atoms with Gasteiger partial charge in [-0.25, -0.2) is 4.79 Å². The van der Waals surface area contributed by atoms with Gasteiger partial charge in [-0.2, -0.15) is 39.5 Å². The van der Waals surface area contributed by atoms with E-state index in [1.165, 1.54) is 19.9 Å². The third-order valence-electron chi connectivity index (χ3n) is 8.36. The average Bonchev–Trinajstić information content (AvgIpc) is 3.01. The van der Waals surface area contributed by atoms with Crippen molar-refractivity contribution in [3.63, 3.8) is 0 Å². The van der Waals surface area contributed by atoms with Gasteiger partial charge < -0.3 is 15.2 Å². The number of carboxylic acid groups (broad SMARTS) is 1. The first-order valence-corrected chi connectivity index (χ1v) is 15.7. The number of nitrogens with one attached hydrogen (secondary N) is 1. The standard InChI is InChI=1S/C36H31ClF9NO4/c1-18(2)30(51-32(50)47-17-20-11-23(35(41,42)43)14-24(12-20)36(44,45)46)28-15-22(34(38,39)40)6-7-26(28)27-13-21(5-8-29(27)37)25-9-10-33(4,31(48)49)16-19(25)3/h5-9,11-16,18,30H,10,17H2,1-4H3,(H,47,50)(H,48,49). The Hall–Kier alpha value is -4.46. The molecule has 0 aromatic heterocycles. The molecule has 0 spiro atoms. The van der Waals surface area contributed by atoms with Crippen LogP contribution >= 0.6 is 11.6 Å². The van der Waals surface area contributed by atoms with Crippen LogP contribution in [0.1, 0.15) is 73.6 Å². The second kappa shape index (κ2) is 14.3. The highest BCUT2D eigenvalue weighted by Crippen LogP contribution is 2.44. The van der Waals surface area contributed by atoms with Crippen molar-refractivity contribution in [2.24, 2.45) is 11.3 Å². The lowest BCUT2D eigenvalue weighted by atomic mass is 9.77. The summed E-state index contributed by atoms with van der Waals surface area (Å²) in [5.74, 6) is -1.72. The number of carbonyl (C=O) groups is 2. The SMILES string of the molecule is CC1=CC(C)(C(=O)O)CC=C1c1ccc(Cl)c(-c2ccc(C(F)(F)F)cc2C(OC(=O)NCc2cc(C(F)(F)F)cc(C(F)(F)F)c2)C(C)C)c1. The van der Waals surface area contributed by atoms with Crippen LogP contribution in [0.5, 0.6) is 0 Å². The van der Waals surface area contributed by atoms with Crippen molar-refractivity contribution in [2.45, 2.75) is 65.3 Å². The van der Waals surface area contributed by atoms with E-state index in [2.05, 4.69) is 5.32 Å². The zero-order valence-electron chi connectivity index (χ0n) is 27.4. The van der Waals surface area contributed by atoms with Gasteiger partial charge in [-0.1, -0.05) is 49.7 Å². The zero-order chi connectivity index (χ0) is 38.3. The molecule has 1 aliphatic carbocycles. The molecular weight excluding hydrogens is 717 g/mol. The highest BCUT2D eigenvalue weighted by molar-refractivity contribution is 6.33. The minimum Gasteiger partial charge on any atom is -0.481 e. The predicted molar refractivity (Wildman–Crippen MR) is 171 cm³/mol. The molecule has 4 rings (SSSR count). The first-order chi connectivity index (χ1) is 23.4. The Balaban J connectivity index is 1.73. The molecule has 15 heteroatoms. The lowest BCUT2D eigenvalue weighted by Crippen LogP contribution is -2.28. The maximum absolute atomic E-state index is 14.0. The maximum Gasteiger partial charge on any atom is 0.416 e. The van der Waals surface area contributed by atoms with Gasteiger partial charge in [0.1, 0.15) is 6.10 Å². The summed E-state index contributed by atoms with van der Waals surface area (Å²) < 4.78 is 127. The van der Waals surface area contributed by atoms with Gasteiger partial charge in [-0.05, 0) is 96.5 Å². The average molecular weight is 748 g/mol. The van der Waals surface area contributed by atoms with E-state index in [0.717, 1.165) is 18.2 Å². The molecule has 0 aliphatic heterocycles. The molecule has 0 heterocycles. The van der Waals surface area contributed by atoms with Crippen molar-refractivity contribution >= 4 is 29.2 Å². The first-order valence-electron chi connectivity index (χ1n) is 15.3. The Morgan fingerprint density at radius 2 is 1.45 bits per heavy atom. The van der Waals surface area contributed by atoms with E-state index in [0.29, 0.717) is 28.8 Å². The molecule has 1 amide bonds. The Morgan fingerprint density at radius 3 is 1.96 bits per heavy atom. The smallest absolute Gasteiger partial charge is 0.416 e. The number of alkyl carbamates (subject to hydrolysis) is 1. The third kappa shape index (κ3) is 9.07. The zero-order valence-corrected chi connectivity index (χ0v) is 28.1. The van der Waals surface area contributed by atoms with Crippen LogP contribution in [-0.2, 0) is 34.6 Å². The number of alkyl halides is 9. The summed E-state index contributed by atoms with van der Waals surface area (Å²) in [5.41, 5.74) is -3.85. The van der Waals surface area contributed by atoms with Gasteiger partial charge in [0.2, 0.25) is 0 Å². The van der Waals surface area contributed by atoms with Crippen molar-refractivity contribution in [3.05, 3.63) is 111 Å². The molecule has 0 radical (unpaired) electrons. The number of halogens is 10. The van der Waals surface area contributed by atoms with E-state index in [9.17, 15) is 54.2 Å². The van der Waals surface area contributed by atoms with E-state index in [4.69, 9.17) is 16.3 Å². The highest BCUT2D eigenvalue weighted by Gasteiger charge is 2.38. The summed E-state index contributed by atoms with van der Waals surface area (Å²) in [6.45, 7) is 5.51. The molecule has 5 nitrogen and oxygen atoms in total. The van der Waals surface area contributed by atoms with Crippen molar-refractivity contribution in [1.29, 1.82) is 0 Å². The fourth-order valence-electron chi connectivity index (χ4n) is 5.71. The normalized spacial score (nSPS) is 17.5. The number of benzene rings is 3. The van der Waals surface area contributed by atoms with Crippen LogP contribution < -0.4 is 5.32 Å². The molecule has 0 saturated carbocycles. The molecule has 0 saturated heterocycles. The van der Waals surface area contributed by atoms with Gasteiger partial charge in [0.25, 0.3) is 0 Å². The van der Waals surface area contributed by atoms with Crippen molar-refractivity contribution < 1.29 is 58.9 Å². The van der Waals surface area contributed by atoms with Gasteiger partial charge in [0, 0.05) is 22.7 Å². The second-order valence-electron chi connectivity index (χ2n) is 12.7. The van der Waals surface area contributed by atoms with E-state index in [1.807, 2.05) is 0 Å². The maximum atomic E-state index is 14.0. The predicted octanol–water partition coefficient (Wildman–Crippen LogP) is 11.5. The van der Waals surface area contributed by atoms with E-state index in [1.54, 1.807) is 38.1 Å². The van der Waals surface area contributed by atoms with Crippen molar-refractivity contribution in [2.75, 3.05) is 0 Å². The first kappa shape index (κ1) is 39.3. The number of rotatable bonds is 8. The molecule has 2 N–H and O–H groups in total. The monoisotopic (exact) mass is 747 g/mol. The lowest BCUT2D eigenvalue weighted by molar-refractivity contribution is -0.145. The van der Waals surface area contributed by atoms with Crippen LogP contribution in [0.2, 0.25) is 5.02 Å². The van der Waals surface area contributed by atoms with Gasteiger partial charge in [-0.3, -0.25) is 4.79 Å². The molecule has 3 aromatic rings. The van der Waals surface area contributed by atoms with Crippen LogP contribution in [0.3, 0.4) is 0 Å². The highest BCUT2D eigenvalue weighted by atomic mass is 35.5. The second-order valence-corrected chi connectivity index (χ2v) is 13.1. The number of hydrogen-bond donors (Lipinski definition) is 2. The summed E-state index contributed by atoms with van der Waals surface area (Å²) in [6, 6.07) is 8.30. The van der Waals surface area contributed by atoms with Crippen LogP contribution in [0, 0.1) is 11.3 Å². The summed E-state index contributed by atoms with van der Waals surface area (Å²) in [5, 5.41) is 11.9. The molecule has 0 bridgehead atoms. The minimum absolute atomic E-state index is 0.0681. The largest absolute Gasteiger partial charge is 0.481 e. The van der Waals surface area contributed by atoms with E-state index >= 15 is 0 Å². The Kier molecular flexibility index (Phi) is 11.0. The number of carbonyl (C=O) groups excluding carboxylic acids is 1. The van der Waals surface area contributed by atoms with Crippen LogP contribution in [-0.4, -0.2) is 17.2 Å². The molecule has 2 atom stereocenters. The number of aliphatic carboxylic acids is 1. The molecule has 2 unspecified atom stereocenters. The molecule has 1 aliphatic rings. The van der Waals surface area contributed by atoms with Gasteiger partial charge in [0.05, 0.1) is 22.1 Å². The number of hydrogen-bond acceptors (Lipinski definition) is 3. The van der Waals surface area contributed by atoms with Crippen molar-refractivity contribution in [3.8, 4) is 11.1 Å². The molecule has 274 valence electrons. The molecule has 3 aromatic carbocycles. The topological polar surface area (TPSA) is 75.6 Å². The fraction of sp³-hybridized carbons (Fsp3) is 0.333. The third-order valence-corrected chi connectivity index (χ3v) is 8.69. The van der Waals surface area contributed by atoms with Crippen molar-refractivity contribution in [1.82, 2.24) is 5.32 Å². The van der Waals surface area contributed by atoms with Gasteiger partial charge >= 0.3 is 30.6 Å². The number of allylic oxidation sites excluding steroid dienone is 3. The fourth-order valence-corrected chi connectivity index (χ4v) is 5.93. The number of amides is 1. The Bertz CT molecular complexity index is 1860. The number of ether oxygens (including phenoxy) is 1. The van der Waals surface area contributed by atoms with Gasteiger partial charge in [0.15, 0.2) is 0 Å². The molecule has 51 heavy (non-hydrogen) atoms. The summed E-state index contributed by atoms with van der Waals surface area (Å²) in [6.07, 6.45) is -14.3. The van der Waals surface area contributed by atoms with E-state index in [-0.39, 0.29) is 34.2 Å². The summed E-state index contributed by atoms with van der Waals surface area (Å²) in [4.78, 5) is 24.8. The van der Waals surface area contributed by atoms with Crippen LogP contribution in [0.4, 0.5) is 44.3 Å².